The van der Waals surface area contributed by atoms with Gasteiger partial charge in [-0.3, -0.25) is 0 Å². The first-order valence-corrected chi connectivity index (χ1v) is 7.27. The summed E-state index contributed by atoms with van der Waals surface area (Å²) < 4.78 is 23.6. The Morgan fingerprint density at radius 3 is 2.13 bits per heavy atom. The first-order chi connectivity index (χ1) is 6.55. The van der Waals surface area contributed by atoms with Crippen LogP contribution in [0.2, 0.25) is 0 Å². The van der Waals surface area contributed by atoms with Crippen LogP contribution in [0, 0.1) is 0 Å². The van der Waals surface area contributed by atoms with Crippen LogP contribution in [-0.4, -0.2) is 25.0 Å². The lowest BCUT2D eigenvalue weighted by Crippen LogP contribution is -2.53. The van der Waals surface area contributed by atoms with Crippen molar-refractivity contribution in [2.45, 2.75) is 55.7 Å². The molecule has 0 unspecified atom stereocenters. The predicted molar refractivity (Wildman–Crippen MR) is 64.1 cm³/mol. The number of hydrogen-bond donors (Lipinski definition) is 1. The van der Waals surface area contributed by atoms with E-state index in [4.69, 9.17) is 5.73 Å². The van der Waals surface area contributed by atoms with Gasteiger partial charge in [-0.2, -0.15) is 0 Å². The van der Waals surface area contributed by atoms with Gasteiger partial charge in [0.2, 0.25) is 0 Å². The lowest BCUT2D eigenvalue weighted by Gasteiger charge is -2.37. The van der Waals surface area contributed by atoms with Crippen molar-refractivity contribution in [3.63, 3.8) is 0 Å². The molecule has 2 fully saturated rings. The van der Waals surface area contributed by atoms with Crippen molar-refractivity contribution in [2.75, 3.05) is 5.75 Å². The Balaban J connectivity index is 0.00000112. The van der Waals surface area contributed by atoms with Gasteiger partial charge in [-0.15, -0.1) is 12.4 Å². The van der Waals surface area contributed by atoms with E-state index in [1.807, 2.05) is 0 Å². The molecule has 3 nitrogen and oxygen atoms in total. The zero-order valence-electron chi connectivity index (χ0n) is 8.94. The Hall–Kier alpha value is 0.200. The van der Waals surface area contributed by atoms with Crippen molar-refractivity contribution in [2.24, 2.45) is 5.73 Å². The molecule has 0 aromatic heterocycles. The Morgan fingerprint density at radius 1 is 1.07 bits per heavy atom. The average Bonchev–Trinajstić information content (AvgIpc) is 2.47. The van der Waals surface area contributed by atoms with Gasteiger partial charge in [0.05, 0.1) is 11.0 Å². The summed E-state index contributed by atoms with van der Waals surface area (Å²) in [4.78, 5) is 0. The summed E-state index contributed by atoms with van der Waals surface area (Å²) in [5.41, 5.74) is 5.87. The number of hydrogen-bond acceptors (Lipinski definition) is 3. The molecule has 1 saturated carbocycles. The fraction of sp³-hybridized carbons (Fsp3) is 1.00. The highest BCUT2D eigenvalue weighted by molar-refractivity contribution is 7.92. The molecule has 2 aliphatic rings. The number of nitrogens with two attached hydrogens (primary N) is 1. The van der Waals surface area contributed by atoms with Gasteiger partial charge >= 0.3 is 0 Å². The largest absolute Gasteiger partial charge is 0.324 e. The minimum Gasteiger partial charge on any atom is -0.324 e. The number of halogens is 1. The summed E-state index contributed by atoms with van der Waals surface area (Å²) in [6.07, 6.45) is 6.81. The van der Waals surface area contributed by atoms with E-state index >= 15 is 0 Å². The molecule has 1 atom stereocenters. The minimum atomic E-state index is -2.87. The fourth-order valence-corrected chi connectivity index (χ4v) is 5.30. The Kier molecular flexibility index (Phi) is 4.07. The van der Waals surface area contributed by atoms with Crippen molar-refractivity contribution in [1.82, 2.24) is 0 Å². The van der Waals surface area contributed by atoms with E-state index in [1.165, 1.54) is 6.42 Å². The van der Waals surface area contributed by atoms with Gasteiger partial charge in [0.25, 0.3) is 0 Å². The molecule has 15 heavy (non-hydrogen) atoms. The van der Waals surface area contributed by atoms with E-state index in [0.29, 0.717) is 5.75 Å². The fourth-order valence-electron chi connectivity index (χ4n) is 2.97. The molecule has 0 aromatic rings. The quantitative estimate of drug-likeness (QED) is 0.773. The highest BCUT2D eigenvalue weighted by atomic mass is 35.5. The molecule has 2 rings (SSSR count). The lowest BCUT2D eigenvalue weighted by atomic mass is 9.79. The molecule has 90 valence electrons. The third kappa shape index (κ3) is 2.48. The smallest absolute Gasteiger partial charge is 0.154 e. The van der Waals surface area contributed by atoms with Gasteiger partial charge in [-0.1, -0.05) is 19.3 Å². The van der Waals surface area contributed by atoms with Crippen molar-refractivity contribution in [3.8, 4) is 0 Å². The molecule has 1 saturated heterocycles. The van der Waals surface area contributed by atoms with Gasteiger partial charge < -0.3 is 5.73 Å². The number of rotatable bonds is 1. The van der Waals surface area contributed by atoms with Gasteiger partial charge in [0.15, 0.2) is 9.84 Å². The Bertz CT molecular complexity index is 309. The zero-order chi connectivity index (χ0) is 10.2. The van der Waals surface area contributed by atoms with Gasteiger partial charge in [0.1, 0.15) is 0 Å². The van der Waals surface area contributed by atoms with E-state index in [9.17, 15) is 8.42 Å². The highest BCUT2D eigenvalue weighted by Crippen LogP contribution is 2.37. The summed E-state index contributed by atoms with van der Waals surface area (Å²) >= 11 is 0. The molecular formula is C10H20ClNO2S. The SMILES string of the molecule is Cl.NC1([C@H]2CCCS2(=O)=O)CCCCC1. The molecule has 1 aliphatic heterocycles. The molecule has 1 aliphatic carbocycles. The van der Waals surface area contributed by atoms with E-state index in [-0.39, 0.29) is 17.7 Å². The highest BCUT2D eigenvalue weighted by Gasteiger charge is 2.46. The van der Waals surface area contributed by atoms with E-state index in [1.54, 1.807) is 0 Å². The van der Waals surface area contributed by atoms with Crippen molar-refractivity contribution in [1.29, 1.82) is 0 Å². The van der Waals surface area contributed by atoms with Crippen LogP contribution in [0.15, 0.2) is 0 Å². The summed E-state index contributed by atoms with van der Waals surface area (Å²) in [6.45, 7) is 0. The maximum atomic E-state index is 11.8. The second-order valence-corrected chi connectivity index (χ2v) is 7.09. The molecule has 0 radical (unpaired) electrons. The molecule has 2 N–H and O–H groups in total. The van der Waals surface area contributed by atoms with Crippen molar-refractivity contribution in [3.05, 3.63) is 0 Å². The molecular weight excluding hydrogens is 234 g/mol. The molecule has 0 spiro atoms. The van der Waals surface area contributed by atoms with Gasteiger partial charge in [-0.25, -0.2) is 8.42 Å². The first kappa shape index (κ1) is 13.3. The molecule has 0 amide bonds. The minimum absolute atomic E-state index is 0. The standard InChI is InChI=1S/C10H19NO2S.ClH/c11-10(6-2-1-3-7-10)9-5-4-8-14(9,12)13;/h9H,1-8,11H2;1H/t9-;/m1./s1. The maximum Gasteiger partial charge on any atom is 0.154 e. The van der Waals surface area contributed by atoms with Crippen LogP contribution >= 0.6 is 12.4 Å². The second kappa shape index (κ2) is 4.60. The van der Waals surface area contributed by atoms with Crippen LogP contribution in [0.3, 0.4) is 0 Å². The lowest BCUT2D eigenvalue weighted by molar-refractivity contribution is 0.279. The summed E-state index contributed by atoms with van der Waals surface area (Å²) in [5, 5.41) is -0.240. The van der Waals surface area contributed by atoms with Crippen LogP contribution < -0.4 is 5.73 Å². The van der Waals surface area contributed by atoms with E-state index < -0.39 is 15.4 Å². The Morgan fingerprint density at radius 2 is 1.67 bits per heavy atom. The summed E-state index contributed by atoms with van der Waals surface area (Å²) in [6, 6.07) is 0. The topological polar surface area (TPSA) is 60.2 Å². The normalized spacial score (nSPS) is 33.3. The summed E-state index contributed by atoms with van der Waals surface area (Å²) in [5.74, 6) is 0.358. The third-order valence-electron chi connectivity index (χ3n) is 3.75. The van der Waals surface area contributed by atoms with Crippen LogP contribution in [-0.2, 0) is 9.84 Å². The molecule has 5 heteroatoms. The van der Waals surface area contributed by atoms with E-state index in [2.05, 4.69) is 0 Å². The maximum absolute atomic E-state index is 11.8. The molecule has 1 heterocycles. The van der Waals surface area contributed by atoms with Crippen LogP contribution in [0.25, 0.3) is 0 Å². The van der Waals surface area contributed by atoms with Crippen LogP contribution in [0.5, 0.6) is 0 Å². The van der Waals surface area contributed by atoms with Crippen molar-refractivity contribution >= 4 is 22.2 Å². The van der Waals surface area contributed by atoms with Gasteiger partial charge in [0, 0.05) is 5.54 Å². The monoisotopic (exact) mass is 253 g/mol. The number of sulfone groups is 1. The Labute approximate surface area is 98.1 Å². The van der Waals surface area contributed by atoms with Gasteiger partial charge in [-0.05, 0) is 25.7 Å². The third-order valence-corrected chi connectivity index (χ3v) is 6.18. The predicted octanol–water partition coefficient (Wildman–Crippen LogP) is 1.65. The first-order valence-electron chi connectivity index (χ1n) is 5.55. The van der Waals surface area contributed by atoms with Crippen molar-refractivity contribution < 1.29 is 8.42 Å². The van der Waals surface area contributed by atoms with Crippen LogP contribution in [0.1, 0.15) is 44.9 Å². The summed E-state index contributed by atoms with van der Waals surface area (Å²) in [7, 11) is -2.87. The average molecular weight is 254 g/mol. The zero-order valence-corrected chi connectivity index (χ0v) is 10.6. The second-order valence-electron chi connectivity index (χ2n) is 4.79. The molecule has 0 bridgehead atoms. The van der Waals surface area contributed by atoms with Crippen LogP contribution in [0.4, 0.5) is 0 Å². The van der Waals surface area contributed by atoms with E-state index in [0.717, 1.165) is 38.5 Å². The molecule has 0 aromatic carbocycles.